The van der Waals surface area contributed by atoms with Gasteiger partial charge in [0.1, 0.15) is 0 Å². The molecular weight excluding hydrogens is 95.4 g/mol. The van der Waals surface area contributed by atoms with E-state index in [2.05, 4.69) is 0 Å². The first kappa shape index (κ1) is 36.3. The Kier molecular flexibility index (Phi) is 178. The maximum Gasteiger partial charge on any atom is 2.00 e. The second-order valence-electron chi connectivity index (χ2n) is 0. The normalized spacial score (nSPS) is 0. The molecule has 0 aliphatic rings. The van der Waals surface area contributed by atoms with Crippen LogP contribution in [-0.4, -0.2) is 28.5 Å². The SMILES string of the molecule is O.[Mg+2].[Na+].[S-2]. The Morgan fingerprint density at radius 3 is 1.00 bits per heavy atom. The van der Waals surface area contributed by atoms with Crippen LogP contribution in [0.3, 0.4) is 0 Å². The zero-order valence-electron chi connectivity index (χ0n) is 2.62. The minimum absolute atomic E-state index is 0. The zero-order valence-corrected chi connectivity index (χ0v) is 6.85. The van der Waals surface area contributed by atoms with Gasteiger partial charge in [-0.3, -0.25) is 0 Å². The van der Waals surface area contributed by atoms with Gasteiger partial charge < -0.3 is 19.0 Å². The van der Waals surface area contributed by atoms with Crippen LogP contribution < -0.4 is 29.6 Å². The molecule has 2 N–H and O–H groups in total. The Balaban J connectivity index is 0. The molecular formula is H2MgNaOS+. The average Bonchev–Trinajstić information content (AvgIpc) is 0. The summed E-state index contributed by atoms with van der Waals surface area (Å²) in [5.41, 5.74) is 0. The molecule has 4 heavy (non-hydrogen) atoms. The Hall–Kier alpha value is 2.08. The summed E-state index contributed by atoms with van der Waals surface area (Å²) >= 11 is 0. The maximum atomic E-state index is 0. The van der Waals surface area contributed by atoms with Crippen molar-refractivity contribution < 1.29 is 35.0 Å². The molecule has 0 amide bonds. The smallest absolute Gasteiger partial charge is 2.00 e. The fraction of sp³-hybridized carbons (Fsp3) is 0. The van der Waals surface area contributed by atoms with E-state index in [4.69, 9.17) is 0 Å². The summed E-state index contributed by atoms with van der Waals surface area (Å²) in [6.45, 7) is 0. The van der Waals surface area contributed by atoms with Crippen LogP contribution in [-0.2, 0) is 13.5 Å². The Bertz CT molecular complexity index is 8.00. The summed E-state index contributed by atoms with van der Waals surface area (Å²) < 4.78 is 0. The van der Waals surface area contributed by atoms with Gasteiger partial charge in [0, 0.05) is 0 Å². The molecule has 0 heterocycles. The van der Waals surface area contributed by atoms with Gasteiger partial charge in [0.25, 0.3) is 0 Å². The van der Waals surface area contributed by atoms with E-state index in [1.165, 1.54) is 0 Å². The van der Waals surface area contributed by atoms with E-state index in [1.54, 1.807) is 0 Å². The van der Waals surface area contributed by atoms with Gasteiger partial charge in [0.15, 0.2) is 0 Å². The topological polar surface area (TPSA) is 31.5 Å². The minimum atomic E-state index is 0. The molecule has 0 saturated carbocycles. The van der Waals surface area contributed by atoms with Crippen LogP contribution in [0.25, 0.3) is 0 Å². The van der Waals surface area contributed by atoms with Crippen molar-refractivity contribution in [2.75, 3.05) is 0 Å². The third-order valence-corrected chi connectivity index (χ3v) is 0. The fourth-order valence-corrected chi connectivity index (χ4v) is 0. The predicted octanol–water partition coefficient (Wildman–Crippen LogP) is -4.20. The van der Waals surface area contributed by atoms with Crippen molar-refractivity contribution in [2.24, 2.45) is 0 Å². The van der Waals surface area contributed by atoms with Crippen molar-refractivity contribution in [2.45, 2.75) is 0 Å². The monoisotopic (exact) mass is 97.0 g/mol. The minimum Gasteiger partial charge on any atom is -2.00 e. The molecule has 0 radical (unpaired) electrons. The van der Waals surface area contributed by atoms with Crippen LogP contribution in [0.4, 0.5) is 0 Å². The summed E-state index contributed by atoms with van der Waals surface area (Å²) in [7, 11) is 0. The van der Waals surface area contributed by atoms with Crippen LogP contribution in [0.5, 0.6) is 0 Å². The predicted molar refractivity (Wildman–Crippen MR) is 16.7 cm³/mol. The van der Waals surface area contributed by atoms with Crippen molar-refractivity contribution in [3.05, 3.63) is 0 Å². The van der Waals surface area contributed by atoms with Crippen LogP contribution in [0.15, 0.2) is 0 Å². The maximum absolute atomic E-state index is 0. The van der Waals surface area contributed by atoms with Gasteiger partial charge in [-0.05, 0) is 0 Å². The van der Waals surface area contributed by atoms with E-state index in [-0.39, 0.29) is 71.6 Å². The van der Waals surface area contributed by atoms with Crippen molar-refractivity contribution in [1.29, 1.82) is 0 Å². The third-order valence-electron chi connectivity index (χ3n) is 0. The Labute approximate surface area is 70.7 Å². The summed E-state index contributed by atoms with van der Waals surface area (Å²) in [5.74, 6) is 0. The molecule has 0 atom stereocenters. The molecule has 0 rings (SSSR count). The third kappa shape index (κ3) is 8.95. The van der Waals surface area contributed by atoms with E-state index < -0.39 is 0 Å². The van der Waals surface area contributed by atoms with E-state index in [9.17, 15) is 0 Å². The average molecular weight is 97.4 g/mol. The molecule has 0 aromatic heterocycles. The largest absolute Gasteiger partial charge is 2.00 e. The van der Waals surface area contributed by atoms with E-state index in [1.807, 2.05) is 0 Å². The molecule has 0 bridgehead atoms. The van der Waals surface area contributed by atoms with Gasteiger partial charge in [-0.1, -0.05) is 0 Å². The summed E-state index contributed by atoms with van der Waals surface area (Å²) in [4.78, 5) is 0. The Morgan fingerprint density at radius 2 is 1.00 bits per heavy atom. The van der Waals surface area contributed by atoms with E-state index >= 15 is 0 Å². The quantitative estimate of drug-likeness (QED) is 0.275. The standard InChI is InChI=1S/Mg.Na.H2O.S/h;;1H2;/q+2;+1;;-2. The van der Waals surface area contributed by atoms with Gasteiger partial charge in [-0.2, -0.15) is 0 Å². The molecule has 0 fully saturated rings. The molecule has 0 saturated heterocycles. The van der Waals surface area contributed by atoms with Crippen molar-refractivity contribution in [3.63, 3.8) is 0 Å². The first-order valence-electron chi connectivity index (χ1n) is 0. The zero-order chi connectivity index (χ0) is 0. The van der Waals surface area contributed by atoms with Crippen molar-refractivity contribution in [1.82, 2.24) is 0 Å². The molecule has 0 aliphatic heterocycles. The molecule has 0 aliphatic carbocycles. The van der Waals surface area contributed by atoms with E-state index in [0.717, 1.165) is 0 Å². The first-order chi connectivity index (χ1) is 0. The molecule has 0 aromatic rings. The summed E-state index contributed by atoms with van der Waals surface area (Å²) in [5, 5.41) is 0. The second kappa shape index (κ2) is 19.6. The van der Waals surface area contributed by atoms with Gasteiger partial charge in [0.05, 0.1) is 0 Å². The molecule has 16 valence electrons. The molecule has 0 aromatic carbocycles. The first-order valence-corrected chi connectivity index (χ1v) is 0. The summed E-state index contributed by atoms with van der Waals surface area (Å²) in [6.07, 6.45) is 0. The summed E-state index contributed by atoms with van der Waals surface area (Å²) in [6, 6.07) is 0. The molecule has 0 spiro atoms. The van der Waals surface area contributed by atoms with Gasteiger partial charge in [0.2, 0.25) is 0 Å². The number of rotatable bonds is 0. The van der Waals surface area contributed by atoms with Gasteiger partial charge >= 0.3 is 52.6 Å². The van der Waals surface area contributed by atoms with Crippen LogP contribution in [0, 0.1) is 0 Å². The Morgan fingerprint density at radius 1 is 1.00 bits per heavy atom. The van der Waals surface area contributed by atoms with Crippen LogP contribution in [0.1, 0.15) is 0 Å². The number of hydrogen-bond acceptors (Lipinski definition) is 0. The van der Waals surface area contributed by atoms with E-state index in [0.29, 0.717) is 0 Å². The van der Waals surface area contributed by atoms with Crippen molar-refractivity contribution >= 4 is 36.5 Å². The molecule has 4 heteroatoms. The van der Waals surface area contributed by atoms with Gasteiger partial charge in [-0.15, -0.1) is 0 Å². The number of hydrogen-bond donors (Lipinski definition) is 0. The van der Waals surface area contributed by atoms with Crippen LogP contribution in [0.2, 0.25) is 0 Å². The van der Waals surface area contributed by atoms with Crippen molar-refractivity contribution in [3.8, 4) is 0 Å². The molecule has 1 nitrogen and oxygen atoms in total. The molecule has 0 unspecified atom stereocenters. The second-order valence-corrected chi connectivity index (χ2v) is 0. The fourth-order valence-electron chi connectivity index (χ4n) is 0. The van der Waals surface area contributed by atoms with Crippen LogP contribution >= 0.6 is 0 Å². The van der Waals surface area contributed by atoms with Gasteiger partial charge in [-0.25, -0.2) is 0 Å².